The third-order valence-corrected chi connectivity index (χ3v) is 5.33. The van der Waals surface area contributed by atoms with Crippen LogP contribution in [0.4, 0.5) is 0 Å². The van der Waals surface area contributed by atoms with Crippen LogP contribution in [-0.2, 0) is 0 Å². The number of methoxy groups -OCH3 is 1. The van der Waals surface area contributed by atoms with Gasteiger partial charge in [-0.25, -0.2) is 4.98 Å². The Bertz CT molecular complexity index is 1370. The minimum Gasteiger partial charge on any atom is -0.493 e. The molecule has 0 unspecified atom stereocenters. The maximum atomic E-state index is 9.64. The highest BCUT2D eigenvalue weighted by molar-refractivity contribution is 6.35. The van der Waals surface area contributed by atoms with Crippen LogP contribution in [0.25, 0.3) is 28.9 Å². The molecule has 0 aliphatic heterocycles. The number of para-hydroxylation sites is 2. The lowest BCUT2D eigenvalue weighted by Crippen LogP contribution is -2.06. The van der Waals surface area contributed by atoms with Crippen LogP contribution < -0.4 is 9.47 Å². The number of benzene rings is 2. The number of rotatable bonds is 7. The van der Waals surface area contributed by atoms with Crippen LogP contribution in [0.1, 0.15) is 30.8 Å². The van der Waals surface area contributed by atoms with E-state index >= 15 is 0 Å². The molecule has 2 aromatic carbocycles. The van der Waals surface area contributed by atoms with E-state index in [4.69, 9.17) is 26.1 Å². The summed E-state index contributed by atoms with van der Waals surface area (Å²) < 4.78 is 13.5. The van der Waals surface area contributed by atoms with E-state index in [1.54, 1.807) is 31.6 Å². The number of pyridine rings is 1. The number of ether oxygens (including phenoxy) is 2. The molecule has 0 aliphatic carbocycles. The molecule has 0 atom stereocenters. The molecule has 0 saturated carbocycles. The van der Waals surface area contributed by atoms with Crippen molar-refractivity contribution in [3.63, 3.8) is 0 Å². The predicted molar refractivity (Wildman–Crippen MR) is 131 cm³/mol. The molecule has 0 fully saturated rings. The van der Waals surface area contributed by atoms with E-state index in [1.807, 2.05) is 47.1 Å². The van der Waals surface area contributed by atoms with Gasteiger partial charge in [-0.1, -0.05) is 43.6 Å². The first kappa shape index (κ1) is 22.4. The van der Waals surface area contributed by atoms with Crippen molar-refractivity contribution in [1.29, 1.82) is 5.26 Å². The van der Waals surface area contributed by atoms with E-state index in [0.717, 1.165) is 11.1 Å². The van der Waals surface area contributed by atoms with Gasteiger partial charge in [-0.15, -0.1) is 0 Å². The molecule has 0 saturated heterocycles. The van der Waals surface area contributed by atoms with Gasteiger partial charge in [-0.3, -0.25) is 9.55 Å². The maximum Gasteiger partial charge on any atom is 0.168 e. The molecular weight excluding hydrogens is 436 g/mol. The molecule has 0 amide bonds. The van der Waals surface area contributed by atoms with Crippen LogP contribution in [-0.4, -0.2) is 28.3 Å². The summed E-state index contributed by atoms with van der Waals surface area (Å²) in [6, 6.07) is 15.3. The summed E-state index contributed by atoms with van der Waals surface area (Å²) in [5.74, 6) is 2.33. The van der Waals surface area contributed by atoms with Gasteiger partial charge < -0.3 is 9.47 Å². The quantitative estimate of drug-likeness (QED) is 0.331. The van der Waals surface area contributed by atoms with E-state index in [0.29, 0.717) is 51.6 Å². The van der Waals surface area contributed by atoms with Gasteiger partial charge in [0.1, 0.15) is 17.4 Å². The van der Waals surface area contributed by atoms with Gasteiger partial charge in [0.25, 0.3) is 0 Å². The lowest BCUT2D eigenvalue weighted by atomic mass is 10.1. The zero-order valence-corrected chi connectivity index (χ0v) is 19.4. The van der Waals surface area contributed by atoms with E-state index in [2.05, 4.69) is 24.9 Å². The number of imidazole rings is 1. The van der Waals surface area contributed by atoms with Crippen LogP contribution in [0.15, 0.2) is 54.9 Å². The summed E-state index contributed by atoms with van der Waals surface area (Å²) >= 11 is 6.44. The van der Waals surface area contributed by atoms with Crippen molar-refractivity contribution in [1.82, 2.24) is 14.5 Å². The van der Waals surface area contributed by atoms with Crippen molar-refractivity contribution >= 4 is 34.8 Å². The minimum absolute atomic E-state index is 0.370. The van der Waals surface area contributed by atoms with Crippen LogP contribution in [0, 0.1) is 17.2 Å². The second kappa shape index (κ2) is 9.76. The summed E-state index contributed by atoms with van der Waals surface area (Å²) in [6.07, 6.45) is 7.01. The van der Waals surface area contributed by atoms with Crippen molar-refractivity contribution in [2.24, 2.45) is 5.92 Å². The second-order valence-electron chi connectivity index (χ2n) is 7.83. The molecule has 166 valence electrons. The molecule has 0 radical (unpaired) electrons. The van der Waals surface area contributed by atoms with Crippen LogP contribution >= 0.6 is 11.6 Å². The summed E-state index contributed by atoms with van der Waals surface area (Å²) in [5, 5.41) is 10.2. The highest BCUT2D eigenvalue weighted by atomic mass is 35.5. The number of fused-ring (bicyclic) bond motifs is 1. The number of halogens is 1. The number of aromatic nitrogens is 3. The smallest absolute Gasteiger partial charge is 0.168 e. The fourth-order valence-electron chi connectivity index (χ4n) is 3.51. The van der Waals surface area contributed by atoms with E-state index in [-0.39, 0.29) is 0 Å². The monoisotopic (exact) mass is 458 g/mol. The number of nitriles is 1. The zero-order valence-electron chi connectivity index (χ0n) is 18.6. The Morgan fingerprint density at radius 2 is 1.97 bits per heavy atom. The number of hydrogen-bond acceptors (Lipinski definition) is 5. The molecular formula is C26H23ClN4O2. The Hall–Kier alpha value is -3.82. The fourth-order valence-corrected chi connectivity index (χ4v) is 3.72. The molecule has 2 aromatic heterocycles. The highest BCUT2D eigenvalue weighted by Crippen LogP contribution is 2.34. The average Bonchev–Trinajstić information content (AvgIpc) is 3.20. The number of nitrogens with zero attached hydrogens (tertiary/aromatic N) is 4. The van der Waals surface area contributed by atoms with Crippen LogP contribution in [0.3, 0.4) is 0 Å². The molecule has 7 heteroatoms. The maximum absolute atomic E-state index is 9.64. The van der Waals surface area contributed by atoms with E-state index in [1.165, 1.54) is 0 Å². The molecule has 0 spiro atoms. The molecule has 33 heavy (non-hydrogen) atoms. The third kappa shape index (κ3) is 4.55. The first-order chi connectivity index (χ1) is 16.0. The fraction of sp³-hybridized carbons (Fsp3) is 0.192. The molecule has 4 rings (SSSR count). The lowest BCUT2D eigenvalue weighted by Gasteiger charge is -2.15. The lowest BCUT2D eigenvalue weighted by molar-refractivity contribution is 0.256. The van der Waals surface area contributed by atoms with E-state index < -0.39 is 0 Å². The Morgan fingerprint density at radius 1 is 1.15 bits per heavy atom. The Labute approximate surface area is 197 Å². The van der Waals surface area contributed by atoms with Crippen molar-refractivity contribution < 1.29 is 9.47 Å². The topological polar surface area (TPSA) is 73.0 Å². The average molecular weight is 459 g/mol. The first-order valence-electron chi connectivity index (χ1n) is 10.5. The molecule has 0 N–H and O–H groups in total. The van der Waals surface area contributed by atoms with Gasteiger partial charge in [0, 0.05) is 18.0 Å². The largest absolute Gasteiger partial charge is 0.493 e. The van der Waals surface area contributed by atoms with Gasteiger partial charge >= 0.3 is 0 Å². The first-order valence-corrected chi connectivity index (χ1v) is 10.9. The van der Waals surface area contributed by atoms with E-state index in [9.17, 15) is 5.26 Å². The summed E-state index contributed by atoms with van der Waals surface area (Å²) in [5.41, 5.74) is 3.43. The van der Waals surface area contributed by atoms with Crippen molar-refractivity contribution in [2.45, 2.75) is 13.8 Å². The van der Waals surface area contributed by atoms with Crippen molar-refractivity contribution in [3.05, 3.63) is 76.8 Å². The highest BCUT2D eigenvalue weighted by Gasteiger charge is 2.16. The van der Waals surface area contributed by atoms with Gasteiger partial charge in [0.15, 0.2) is 11.5 Å². The van der Waals surface area contributed by atoms with Crippen molar-refractivity contribution in [2.75, 3.05) is 13.7 Å². The molecule has 6 nitrogen and oxygen atoms in total. The summed E-state index contributed by atoms with van der Waals surface area (Å²) in [6.45, 7) is 4.76. The predicted octanol–water partition coefficient (Wildman–Crippen LogP) is 6.16. The summed E-state index contributed by atoms with van der Waals surface area (Å²) in [7, 11) is 1.62. The van der Waals surface area contributed by atoms with Gasteiger partial charge in [-0.2, -0.15) is 5.26 Å². The standard InChI is InChI=1S/C26H23ClN4O2/c1-17(2)16-33-26-18(6-4-9-23(26)32-3)10-11-24-30-25-20(27)7-5-8-22(25)31(24)21-12-13-29-15-19(21)14-28/h4-13,15,17H,16H2,1-3H3/b11-10+. The Balaban J connectivity index is 1.87. The van der Waals surface area contributed by atoms with Crippen LogP contribution in [0.5, 0.6) is 11.5 Å². The van der Waals surface area contributed by atoms with Gasteiger partial charge in [-0.05, 0) is 42.3 Å². The normalized spacial score (nSPS) is 11.3. The van der Waals surface area contributed by atoms with Gasteiger partial charge in [0.05, 0.1) is 35.5 Å². The minimum atomic E-state index is 0.370. The molecule has 0 aliphatic rings. The Morgan fingerprint density at radius 3 is 2.73 bits per heavy atom. The second-order valence-corrected chi connectivity index (χ2v) is 8.24. The zero-order chi connectivity index (χ0) is 23.4. The molecule has 2 heterocycles. The third-order valence-electron chi connectivity index (χ3n) is 5.02. The van der Waals surface area contributed by atoms with Crippen molar-refractivity contribution in [3.8, 4) is 23.3 Å². The summed E-state index contributed by atoms with van der Waals surface area (Å²) in [4.78, 5) is 8.85. The van der Waals surface area contributed by atoms with Gasteiger partial charge in [0.2, 0.25) is 0 Å². The van der Waals surface area contributed by atoms with Crippen LogP contribution in [0.2, 0.25) is 5.02 Å². The Kier molecular flexibility index (Phi) is 6.62. The molecule has 0 bridgehead atoms. The number of hydrogen-bond donors (Lipinski definition) is 0. The molecule has 4 aromatic rings. The SMILES string of the molecule is COc1cccc(/C=C/c2nc3c(Cl)cccc3n2-c2ccncc2C#N)c1OCC(C)C.